The highest BCUT2D eigenvalue weighted by Gasteiger charge is 2.18. The van der Waals surface area contributed by atoms with Gasteiger partial charge >= 0.3 is 0 Å². The number of amides is 1. The lowest BCUT2D eigenvalue weighted by molar-refractivity contribution is -0.384. The summed E-state index contributed by atoms with van der Waals surface area (Å²) in [5.41, 5.74) is -0.170. The first-order valence-electron chi connectivity index (χ1n) is 8.02. The van der Waals surface area contributed by atoms with Crippen LogP contribution in [-0.2, 0) is 4.79 Å². The number of anilines is 1. The number of hydrogen-bond donors (Lipinski definition) is 1. The second-order valence-corrected chi connectivity index (χ2v) is 5.27. The van der Waals surface area contributed by atoms with E-state index in [-0.39, 0.29) is 18.0 Å². The van der Waals surface area contributed by atoms with E-state index in [4.69, 9.17) is 14.2 Å². The molecule has 8 heteroatoms. The molecule has 26 heavy (non-hydrogen) atoms. The quantitative estimate of drug-likeness (QED) is 0.543. The number of rotatable bonds is 9. The first-order chi connectivity index (χ1) is 12.5. The van der Waals surface area contributed by atoms with Crippen molar-refractivity contribution in [2.75, 3.05) is 25.6 Å². The van der Waals surface area contributed by atoms with Crippen molar-refractivity contribution < 1.29 is 23.9 Å². The third-order valence-electron chi connectivity index (χ3n) is 3.34. The minimum atomic E-state index is -0.574. The molecule has 8 nitrogen and oxygen atoms in total. The van der Waals surface area contributed by atoms with Crippen molar-refractivity contribution in [1.29, 1.82) is 0 Å². The summed E-state index contributed by atoms with van der Waals surface area (Å²) in [7, 11) is 1.49. The Bertz CT molecular complexity index is 778. The number of carbonyl (C=O) groups is 1. The molecular formula is C18H20N2O6. The van der Waals surface area contributed by atoms with Crippen molar-refractivity contribution in [3.63, 3.8) is 0 Å². The van der Waals surface area contributed by atoms with Gasteiger partial charge in [0.1, 0.15) is 11.4 Å². The third-order valence-corrected chi connectivity index (χ3v) is 3.34. The summed E-state index contributed by atoms with van der Waals surface area (Å²) >= 11 is 0. The molecule has 2 aromatic carbocycles. The largest absolute Gasteiger partial charge is 0.493 e. The van der Waals surface area contributed by atoms with Crippen molar-refractivity contribution in [3.8, 4) is 17.2 Å². The van der Waals surface area contributed by atoms with Crippen LogP contribution in [0.25, 0.3) is 0 Å². The van der Waals surface area contributed by atoms with Gasteiger partial charge in [-0.05, 0) is 30.7 Å². The molecule has 1 N–H and O–H groups in total. The molecule has 0 radical (unpaired) electrons. The van der Waals surface area contributed by atoms with Crippen molar-refractivity contribution in [3.05, 3.63) is 52.6 Å². The van der Waals surface area contributed by atoms with Crippen molar-refractivity contribution in [2.45, 2.75) is 13.3 Å². The molecule has 0 bridgehead atoms. The fraction of sp³-hybridized carbons (Fsp3) is 0.278. The molecule has 0 unspecified atom stereocenters. The average molecular weight is 360 g/mol. The predicted octanol–water partition coefficient (Wildman–Crippen LogP) is 3.41. The Labute approximate surface area is 150 Å². The van der Waals surface area contributed by atoms with Crippen LogP contribution < -0.4 is 19.5 Å². The number of nitrogens with one attached hydrogen (secondary N) is 1. The summed E-state index contributed by atoms with van der Waals surface area (Å²) in [5.74, 6) is 0.745. The van der Waals surface area contributed by atoms with Crippen LogP contribution >= 0.6 is 0 Å². The molecule has 0 aliphatic rings. The van der Waals surface area contributed by atoms with Crippen LogP contribution in [0.5, 0.6) is 17.2 Å². The lowest BCUT2D eigenvalue weighted by atomic mass is 10.2. The van der Waals surface area contributed by atoms with Crippen molar-refractivity contribution in [2.24, 2.45) is 0 Å². The zero-order valence-corrected chi connectivity index (χ0v) is 14.6. The number of hydrogen-bond acceptors (Lipinski definition) is 6. The smallest absolute Gasteiger partial charge is 0.296 e. The predicted molar refractivity (Wildman–Crippen MR) is 96.0 cm³/mol. The van der Waals surface area contributed by atoms with Gasteiger partial charge in [-0.25, -0.2) is 0 Å². The average Bonchev–Trinajstić information content (AvgIpc) is 2.65. The van der Waals surface area contributed by atoms with Gasteiger partial charge in [0.15, 0.2) is 18.1 Å². The number of carbonyl (C=O) groups excluding carboxylic acids is 1. The van der Waals surface area contributed by atoms with Gasteiger partial charge in [-0.15, -0.1) is 0 Å². The normalized spacial score (nSPS) is 10.1. The minimum absolute atomic E-state index is 0.0764. The molecule has 0 spiro atoms. The molecule has 0 heterocycles. The summed E-state index contributed by atoms with van der Waals surface area (Å²) < 4.78 is 15.9. The Balaban J connectivity index is 2.04. The Morgan fingerprint density at radius 2 is 1.88 bits per heavy atom. The topological polar surface area (TPSA) is 99.9 Å². The molecule has 0 aliphatic carbocycles. The van der Waals surface area contributed by atoms with E-state index >= 15 is 0 Å². The van der Waals surface area contributed by atoms with E-state index in [1.165, 1.54) is 19.2 Å². The van der Waals surface area contributed by atoms with Crippen molar-refractivity contribution in [1.82, 2.24) is 0 Å². The summed E-state index contributed by atoms with van der Waals surface area (Å²) in [5, 5.41) is 13.7. The number of nitrogens with zero attached hydrogens (tertiary/aromatic N) is 1. The van der Waals surface area contributed by atoms with Gasteiger partial charge in [-0.3, -0.25) is 14.9 Å². The highest BCUT2D eigenvalue weighted by Crippen LogP contribution is 2.29. The second-order valence-electron chi connectivity index (χ2n) is 5.27. The molecular weight excluding hydrogens is 340 g/mol. The molecule has 2 aromatic rings. The van der Waals surface area contributed by atoms with Crippen LogP contribution in [0.4, 0.5) is 11.4 Å². The van der Waals surface area contributed by atoms with E-state index in [9.17, 15) is 14.9 Å². The molecule has 0 saturated heterocycles. The maximum atomic E-state index is 12.1. The first kappa shape index (κ1) is 19.0. The van der Waals surface area contributed by atoms with E-state index in [0.29, 0.717) is 23.9 Å². The van der Waals surface area contributed by atoms with Crippen LogP contribution in [-0.4, -0.2) is 31.2 Å². The van der Waals surface area contributed by atoms with Gasteiger partial charge in [0.05, 0.1) is 24.7 Å². The van der Waals surface area contributed by atoms with Crippen LogP contribution in [0, 0.1) is 10.1 Å². The molecule has 1 amide bonds. The Morgan fingerprint density at radius 1 is 1.15 bits per heavy atom. The van der Waals surface area contributed by atoms with Gasteiger partial charge in [0.25, 0.3) is 11.6 Å². The number of nitro benzene ring substituents is 1. The highest BCUT2D eigenvalue weighted by molar-refractivity contribution is 5.94. The summed E-state index contributed by atoms with van der Waals surface area (Å²) in [4.78, 5) is 22.8. The number of benzene rings is 2. The number of para-hydroxylation sites is 2. The molecule has 0 saturated carbocycles. The SMILES string of the molecule is CCCOc1ccc(NC(=O)COc2ccccc2OC)c([N+](=O)[O-])c1. The van der Waals surface area contributed by atoms with E-state index in [2.05, 4.69) is 5.32 Å². The maximum absolute atomic E-state index is 12.1. The Kier molecular flexibility index (Phi) is 6.78. The first-order valence-corrected chi connectivity index (χ1v) is 8.02. The standard InChI is InChI=1S/C18H20N2O6/c1-3-10-25-13-8-9-14(15(11-13)20(22)23)19-18(21)12-26-17-7-5-4-6-16(17)24-2/h4-9,11H,3,10,12H2,1-2H3,(H,19,21). The minimum Gasteiger partial charge on any atom is -0.493 e. The number of methoxy groups -OCH3 is 1. The zero-order chi connectivity index (χ0) is 18.9. The van der Waals surface area contributed by atoms with E-state index in [1.807, 2.05) is 6.92 Å². The molecule has 0 atom stereocenters. The van der Waals surface area contributed by atoms with Crippen LogP contribution in [0.2, 0.25) is 0 Å². The van der Waals surface area contributed by atoms with Crippen LogP contribution in [0.15, 0.2) is 42.5 Å². The number of nitro groups is 1. The van der Waals surface area contributed by atoms with E-state index in [1.54, 1.807) is 30.3 Å². The van der Waals surface area contributed by atoms with Gasteiger partial charge in [0.2, 0.25) is 0 Å². The van der Waals surface area contributed by atoms with Crippen LogP contribution in [0.1, 0.15) is 13.3 Å². The number of ether oxygens (including phenoxy) is 3. The third kappa shape index (κ3) is 5.10. The summed E-state index contributed by atoms with van der Waals surface area (Å²) in [6.45, 7) is 2.08. The summed E-state index contributed by atoms with van der Waals surface area (Å²) in [6.07, 6.45) is 0.784. The lowest BCUT2D eigenvalue weighted by Crippen LogP contribution is -2.21. The Morgan fingerprint density at radius 3 is 2.54 bits per heavy atom. The molecule has 138 valence electrons. The summed E-state index contributed by atoms with van der Waals surface area (Å²) in [6, 6.07) is 11.2. The van der Waals surface area contributed by atoms with Gasteiger partial charge in [0, 0.05) is 0 Å². The van der Waals surface area contributed by atoms with E-state index in [0.717, 1.165) is 6.42 Å². The van der Waals surface area contributed by atoms with Gasteiger partial charge in [-0.2, -0.15) is 0 Å². The van der Waals surface area contributed by atoms with Gasteiger partial charge < -0.3 is 19.5 Å². The highest BCUT2D eigenvalue weighted by atomic mass is 16.6. The van der Waals surface area contributed by atoms with E-state index < -0.39 is 10.8 Å². The maximum Gasteiger partial charge on any atom is 0.296 e. The van der Waals surface area contributed by atoms with Crippen LogP contribution in [0.3, 0.4) is 0 Å². The molecule has 0 fully saturated rings. The molecule has 0 aliphatic heterocycles. The van der Waals surface area contributed by atoms with Gasteiger partial charge in [-0.1, -0.05) is 19.1 Å². The zero-order valence-electron chi connectivity index (χ0n) is 14.6. The second kappa shape index (κ2) is 9.26. The fourth-order valence-electron chi connectivity index (χ4n) is 2.15. The molecule has 0 aromatic heterocycles. The lowest BCUT2D eigenvalue weighted by Gasteiger charge is -2.11. The Hall–Kier alpha value is -3.29. The van der Waals surface area contributed by atoms with Crippen molar-refractivity contribution >= 4 is 17.3 Å². The molecule has 2 rings (SSSR count). The fourth-order valence-corrected chi connectivity index (χ4v) is 2.15. The monoisotopic (exact) mass is 360 g/mol.